The van der Waals surface area contributed by atoms with Crippen LogP contribution in [0.5, 0.6) is 0 Å². The zero-order chi connectivity index (χ0) is 30.1. The van der Waals surface area contributed by atoms with E-state index >= 15 is 0 Å². The predicted octanol–water partition coefficient (Wildman–Crippen LogP) is 9.06. The predicted molar refractivity (Wildman–Crippen MR) is 184 cm³/mol. The van der Waals surface area contributed by atoms with Crippen LogP contribution in [-0.4, -0.2) is 14.1 Å². The summed E-state index contributed by atoms with van der Waals surface area (Å²) in [4.78, 5) is 8.83. The van der Waals surface area contributed by atoms with Gasteiger partial charge in [0.25, 0.3) is 0 Å². The van der Waals surface area contributed by atoms with Crippen molar-refractivity contribution < 1.29 is 21.1 Å². The van der Waals surface area contributed by atoms with Gasteiger partial charge in [-0.15, -0.1) is 22.5 Å². The molecule has 5 heteroatoms. The van der Waals surface area contributed by atoms with Gasteiger partial charge in [-0.25, -0.2) is 0 Å². The Morgan fingerprint density at radius 1 is 0.457 bits per heavy atom. The Morgan fingerprint density at radius 3 is 1.30 bits per heavy atom. The van der Waals surface area contributed by atoms with Crippen molar-refractivity contribution in [1.82, 2.24) is 0 Å². The van der Waals surface area contributed by atoms with Gasteiger partial charge in [0.1, 0.15) is 0 Å². The van der Waals surface area contributed by atoms with Crippen LogP contribution in [0.25, 0.3) is 11.1 Å². The van der Waals surface area contributed by atoms with E-state index in [9.17, 15) is 0 Å². The van der Waals surface area contributed by atoms with Crippen molar-refractivity contribution in [3.63, 3.8) is 0 Å². The van der Waals surface area contributed by atoms with Crippen molar-refractivity contribution in [1.29, 1.82) is 0 Å². The third kappa shape index (κ3) is 4.03. The number of hydrogen-bond donors (Lipinski definition) is 0. The molecule has 9 rings (SSSR count). The molecule has 0 atom stereocenters. The van der Waals surface area contributed by atoms with E-state index in [4.69, 9.17) is 0 Å². The standard InChI is InChI=1S/C41H30N4.Pt/c1-42-27-44(39-23-9-7-21-37(39)42)31-15-11-13-29(25-31)41(35-19-5-3-17-33(35)34-18-4-6-20-36(34)41)30-14-12-16-32(26-30)45-28-43(2)38-22-8-10-24-40(38)45;/h3-24,27-28H,1-2H3;/q-4;+4. The second kappa shape index (κ2) is 10.9. The number of para-hydroxylation sites is 4. The van der Waals surface area contributed by atoms with Crippen LogP contribution in [0.15, 0.2) is 133 Å². The Morgan fingerprint density at radius 2 is 0.848 bits per heavy atom. The first-order chi connectivity index (χ1) is 22.1. The van der Waals surface area contributed by atoms with Crippen LogP contribution < -0.4 is 19.6 Å². The van der Waals surface area contributed by atoms with Gasteiger partial charge in [0, 0.05) is 28.2 Å². The Labute approximate surface area is 285 Å². The molecular formula is C41H30N4Pt. The van der Waals surface area contributed by atoms with Crippen LogP contribution >= 0.6 is 0 Å². The van der Waals surface area contributed by atoms with Crippen LogP contribution in [0.1, 0.15) is 22.3 Å². The molecule has 0 spiro atoms. The molecule has 2 heterocycles. The molecule has 0 amide bonds. The molecule has 0 radical (unpaired) electrons. The van der Waals surface area contributed by atoms with E-state index in [0.717, 1.165) is 33.9 Å². The number of benzene rings is 6. The fourth-order valence-corrected chi connectivity index (χ4v) is 7.50. The Kier molecular flexibility index (Phi) is 6.81. The molecule has 6 aromatic rings. The number of rotatable bonds is 4. The van der Waals surface area contributed by atoms with Gasteiger partial charge in [0.2, 0.25) is 0 Å². The SMILES string of the molecule is CN1[CH-]N(c2[c-]c(C3(c4[c-]c(N5[CH-]N(C)c6ccccc65)ccc4)c4ccccc4-c4ccccc43)ccc2)c2ccccc21.[Pt+4]. The molecule has 4 nitrogen and oxygen atoms in total. The quantitative estimate of drug-likeness (QED) is 0.166. The average molecular weight is 774 g/mol. The summed E-state index contributed by atoms with van der Waals surface area (Å²) < 4.78 is 0. The molecule has 1 aliphatic carbocycles. The Balaban J connectivity index is 0.00000312. The monoisotopic (exact) mass is 773 g/mol. The molecule has 46 heavy (non-hydrogen) atoms. The van der Waals surface area contributed by atoms with Crippen LogP contribution in [-0.2, 0) is 26.5 Å². The smallest absolute Gasteiger partial charge is 0.504 e. The minimum absolute atomic E-state index is 0. The van der Waals surface area contributed by atoms with E-state index in [0.29, 0.717) is 0 Å². The molecule has 0 fully saturated rings. The van der Waals surface area contributed by atoms with E-state index < -0.39 is 5.41 Å². The molecular weight excluding hydrogens is 744 g/mol. The van der Waals surface area contributed by atoms with Crippen LogP contribution in [0.3, 0.4) is 0 Å². The van der Waals surface area contributed by atoms with Gasteiger partial charge >= 0.3 is 21.1 Å². The minimum Gasteiger partial charge on any atom is -0.504 e. The molecule has 0 aromatic heterocycles. The van der Waals surface area contributed by atoms with Crippen molar-refractivity contribution in [2.75, 3.05) is 33.7 Å². The van der Waals surface area contributed by atoms with Gasteiger partial charge in [0.15, 0.2) is 0 Å². The Hall–Kier alpha value is -4.79. The summed E-state index contributed by atoms with van der Waals surface area (Å²) in [6.07, 6.45) is 0. The molecule has 224 valence electrons. The third-order valence-corrected chi connectivity index (χ3v) is 9.46. The first kappa shape index (κ1) is 28.7. The molecule has 0 unspecified atom stereocenters. The summed E-state index contributed by atoms with van der Waals surface area (Å²) in [5.74, 6) is 0. The first-order valence-corrected chi connectivity index (χ1v) is 15.3. The molecule has 6 aromatic carbocycles. The van der Waals surface area contributed by atoms with Crippen molar-refractivity contribution in [3.05, 3.63) is 181 Å². The first-order valence-electron chi connectivity index (χ1n) is 15.3. The van der Waals surface area contributed by atoms with Gasteiger partial charge < -0.3 is 19.6 Å². The van der Waals surface area contributed by atoms with Crippen molar-refractivity contribution in [2.45, 2.75) is 5.41 Å². The van der Waals surface area contributed by atoms with Crippen LogP contribution in [0.4, 0.5) is 34.1 Å². The maximum Gasteiger partial charge on any atom is 4.00 e. The topological polar surface area (TPSA) is 13.0 Å². The van der Waals surface area contributed by atoms with Gasteiger partial charge in [-0.1, -0.05) is 72.8 Å². The molecule has 2 aliphatic heterocycles. The zero-order valence-electron chi connectivity index (χ0n) is 25.5. The summed E-state index contributed by atoms with van der Waals surface area (Å²) in [6, 6.07) is 55.7. The maximum absolute atomic E-state index is 3.94. The normalized spacial score (nSPS) is 15.3. The zero-order valence-corrected chi connectivity index (χ0v) is 27.7. The van der Waals surface area contributed by atoms with E-state index in [1.54, 1.807) is 0 Å². The molecule has 0 N–H and O–H groups in total. The second-order valence-corrected chi connectivity index (χ2v) is 11.9. The number of nitrogens with zero attached hydrogens (tertiary/aromatic N) is 4. The van der Waals surface area contributed by atoms with E-state index in [1.165, 1.54) is 33.6 Å². The van der Waals surface area contributed by atoms with Crippen LogP contribution in [0.2, 0.25) is 0 Å². The number of anilines is 6. The summed E-state index contributed by atoms with van der Waals surface area (Å²) in [5, 5.41) is 0. The van der Waals surface area contributed by atoms with Gasteiger partial charge in [0.05, 0.1) is 0 Å². The Bertz CT molecular complexity index is 1950. The average Bonchev–Trinajstić information content (AvgIpc) is 3.73. The maximum atomic E-state index is 3.94. The van der Waals surface area contributed by atoms with Crippen molar-refractivity contribution in [2.24, 2.45) is 0 Å². The summed E-state index contributed by atoms with van der Waals surface area (Å²) in [5.41, 5.74) is 13.2. The van der Waals surface area contributed by atoms with Gasteiger partial charge in [-0.3, -0.25) is 0 Å². The van der Waals surface area contributed by atoms with Gasteiger partial charge in [-0.05, 0) is 60.6 Å². The van der Waals surface area contributed by atoms with E-state index in [2.05, 4.69) is 193 Å². The summed E-state index contributed by atoms with van der Waals surface area (Å²) in [6.45, 7) is 4.29. The summed E-state index contributed by atoms with van der Waals surface area (Å²) in [7, 11) is 4.19. The molecule has 0 bridgehead atoms. The minimum atomic E-state index is -0.616. The fraction of sp³-hybridized carbons (Fsp3) is 0.0732. The van der Waals surface area contributed by atoms with Gasteiger partial charge in [-0.2, -0.15) is 61.9 Å². The molecule has 0 saturated heterocycles. The molecule has 3 aliphatic rings. The number of hydrogen-bond acceptors (Lipinski definition) is 4. The molecule has 0 saturated carbocycles. The van der Waals surface area contributed by atoms with E-state index in [-0.39, 0.29) is 21.1 Å². The van der Waals surface area contributed by atoms with Crippen molar-refractivity contribution >= 4 is 34.1 Å². The largest absolute Gasteiger partial charge is 4.00 e. The fourth-order valence-electron chi connectivity index (χ4n) is 7.50. The number of fused-ring (bicyclic) bond motifs is 5. The third-order valence-electron chi connectivity index (χ3n) is 9.46. The van der Waals surface area contributed by atoms with E-state index in [1.807, 2.05) is 0 Å². The second-order valence-electron chi connectivity index (χ2n) is 11.9. The van der Waals surface area contributed by atoms with Crippen molar-refractivity contribution in [3.8, 4) is 11.1 Å². The van der Waals surface area contributed by atoms with Crippen LogP contribution in [0, 0.1) is 25.5 Å². The summed E-state index contributed by atoms with van der Waals surface area (Å²) >= 11 is 0.